The first-order chi connectivity index (χ1) is 8.33. The Bertz CT molecular complexity index is 493. The molecule has 0 atom stereocenters. The van der Waals surface area contributed by atoms with Crippen molar-refractivity contribution in [3.63, 3.8) is 0 Å². The summed E-state index contributed by atoms with van der Waals surface area (Å²) in [5, 5.41) is 9.47. The van der Waals surface area contributed by atoms with Crippen LogP contribution in [0.15, 0.2) is 34.7 Å². The number of hydrogen-bond donors (Lipinski definition) is 1. The Hall–Kier alpha value is -1.84. The fourth-order valence-electron chi connectivity index (χ4n) is 2.43. The number of hydrogen-bond acceptors (Lipinski definition) is 4. The minimum absolute atomic E-state index is 0.218. The van der Waals surface area contributed by atoms with E-state index in [0.29, 0.717) is 0 Å². The van der Waals surface area contributed by atoms with Gasteiger partial charge in [0.25, 0.3) is 0 Å². The highest BCUT2D eigenvalue weighted by Crippen LogP contribution is 2.28. The molecule has 0 spiro atoms. The van der Waals surface area contributed by atoms with E-state index in [4.69, 9.17) is 0 Å². The summed E-state index contributed by atoms with van der Waals surface area (Å²) in [6, 6.07) is 1.76. The van der Waals surface area contributed by atoms with Crippen LogP contribution in [0.3, 0.4) is 0 Å². The molecule has 4 nitrogen and oxygen atoms in total. The highest BCUT2D eigenvalue weighted by Gasteiger charge is 2.19. The normalized spacial score (nSPS) is 19.4. The summed E-state index contributed by atoms with van der Waals surface area (Å²) in [6.45, 7) is 1.82. The number of anilines is 1. The van der Waals surface area contributed by atoms with Crippen molar-refractivity contribution in [1.82, 2.24) is 4.98 Å². The Balaban J connectivity index is 1.86. The summed E-state index contributed by atoms with van der Waals surface area (Å²) in [5.74, 6) is 0.218. The van der Waals surface area contributed by atoms with E-state index in [1.54, 1.807) is 12.3 Å². The van der Waals surface area contributed by atoms with Crippen LogP contribution in [-0.4, -0.2) is 29.4 Å². The van der Waals surface area contributed by atoms with Crippen LogP contribution in [0.25, 0.3) is 0 Å². The van der Waals surface area contributed by atoms with Gasteiger partial charge in [-0.15, -0.1) is 0 Å². The Morgan fingerprint density at radius 2 is 2.24 bits per heavy atom. The lowest BCUT2D eigenvalue weighted by molar-refractivity contribution is 0.472. The molecular weight excluding hydrogens is 214 g/mol. The average Bonchev–Trinajstić information content (AvgIpc) is 2.66. The van der Waals surface area contributed by atoms with Crippen LogP contribution in [0, 0.1) is 0 Å². The lowest BCUT2D eigenvalue weighted by Crippen LogP contribution is -2.25. The molecule has 2 aliphatic rings. The monoisotopic (exact) mass is 229 g/mol. The van der Waals surface area contributed by atoms with Gasteiger partial charge in [0.05, 0.1) is 30.3 Å². The molecule has 0 aromatic carbocycles. The zero-order valence-electron chi connectivity index (χ0n) is 9.63. The van der Waals surface area contributed by atoms with Crippen LogP contribution in [0.5, 0.6) is 5.75 Å². The first kappa shape index (κ1) is 10.3. The van der Waals surface area contributed by atoms with Gasteiger partial charge >= 0.3 is 0 Å². The van der Waals surface area contributed by atoms with Gasteiger partial charge in [-0.25, -0.2) is 0 Å². The third-order valence-electron chi connectivity index (χ3n) is 3.31. The largest absolute Gasteiger partial charge is 0.506 e. The van der Waals surface area contributed by atoms with E-state index in [-0.39, 0.29) is 5.75 Å². The Kier molecular flexibility index (Phi) is 2.55. The molecular formula is C13H15N3O. The third kappa shape index (κ3) is 2.02. The first-order valence-corrected chi connectivity index (χ1v) is 5.95. The van der Waals surface area contributed by atoms with E-state index in [9.17, 15) is 5.11 Å². The standard InChI is InChI=1S/C13H15N3O/c17-12-6-11(7-14-8-12)16-5-1-2-10-3-4-15-13(10)9-16/h4,6-8,17H,1-3,5,9H2. The van der Waals surface area contributed by atoms with Gasteiger partial charge in [-0.3, -0.25) is 9.98 Å². The molecule has 2 aliphatic heterocycles. The predicted molar refractivity (Wildman–Crippen MR) is 67.5 cm³/mol. The molecule has 88 valence electrons. The zero-order chi connectivity index (χ0) is 11.7. The first-order valence-electron chi connectivity index (χ1n) is 5.95. The molecule has 1 aromatic heterocycles. The fraction of sp³-hybridized carbons (Fsp3) is 0.385. The number of pyridine rings is 1. The van der Waals surface area contributed by atoms with Crippen molar-refractivity contribution in [2.45, 2.75) is 19.3 Å². The van der Waals surface area contributed by atoms with Crippen molar-refractivity contribution in [2.24, 2.45) is 4.99 Å². The maximum absolute atomic E-state index is 9.47. The highest BCUT2D eigenvalue weighted by atomic mass is 16.3. The van der Waals surface area contributed by atoms with Crippen molar-refractivity contribution in [3.05, 3.63) is 29.7 Å². The average molecular weight is 229 g/mol. The third-order valence-corrected chi connectivity index (χ3v) is 3.31. The molecule has 4 heteroatoms. The molecule has 0 bridgehead atoms. The zero-order valence-corrected chi connectivity index (χ0v) is 9.63. The number of allylic oxidation sites excluding steroid dienone is 1. The van der Waals surface area contributed by atoms with E-state index in [1.807, 2.05) is 6.21 Å². The topological polar surface area (TPSA) is 48.7 Å². The van der Waals surface area contributed by atoms with E-state index in [0.717, 1.165) is 38.0 Å². The molecule has 3 heterocycles. The lowest BCUT2D eigenvalue weighted by atomic mass is 10.1. The van der Waals surface area contributed by atoms with Crippen LogP contribution in [0.2, 0.25) is 0 Å². The van der Waals surface area contributed by atoms with Crippen LogP contribution in [0.1, 0.15) is 19.3 Å². The quantitative estimate of drug-likeness (QED) is 0.802. The second-order valence-corrected chi connectivity index (χ2v) is 4.49. The summed E-state index contributed by atoms with van der Waals surface area (Å²) in [7, 11) is 0. The minimum Gasteiger partial charge on any atom is -0.506 e. The number of aliphatic imine (C=N–C) groups is 1. The molecule has 17 heavy (non-hydrogen) atoms. The van der Waals surface area contributed by atoms with Crippen LogP contribution < -0.4 is 4.90 Å². The molecule has 0 unspecified atom stereocenters. The second-order valence-electron chi connectivity index (χ2n) is 4.49. The number of rotatable bonds is 1. The van der Waals surface area contributed by atoms with Crippen molar-refractivity contribution in [2.75, 3.05) is 18.0 Å². The fourth-order valence-corrected chi connectivity index (χ4v) is 2.43. The van der Waals surface area contributed by atoms with Crippen LogP contribution in [-0.2, 0) is 0 Å². The van der Waals surface area contributed by atoms with Gasteiger partial charge in [-0.05, 0) is 18.4 Å². The van der Waals surface area contributed by atoms with Gasteiger partial charge in [0.2, 0.25) is 0 Å². The lowest BCUT2D eigenvalue weighted by Gasteiger charge is -2.22. The molecule has 0 aliphatic carbocycles. The minimum atomic E-state index is 0.218. The summed E-state index contributed by atoms with van der Waals surface area (Å²) < 4.78 is 0. The van der Waals surface area contributed by atoms with Crippen molar-refractivity contribution < 1.29 is 5.11 Å². The summed E-state index contributed by atoms with van der Waals surface area (Å²) in [4.78, 5) is 10.7. The van der Waals surface area contributed by atoms with E-state index in [2.05, 4.69) is 14.9 Å². The molecule has 3 rings (SSSR count). The van der Waals surface area contributed by atoms with Gasteiger partial charge in [-0.1, -0.05) is 0 Å². The molecule has 0 saturated carbocycles. The van der Waals surface area contributed by atoms with E-state index in [1.165, 1.54) is 17.5 Å². The van der Waals surface area contributed by atoms with Crippen molar-refractivity contribution in [1.29, 1.82) is 0 Å². The van der Waals surface area contributed by atoms with Crippen molar-refractivity contribution >= 4 is 11.9 Å². The summed E-state index contributed by atoms with van der Waals surface area (Å²) in [5.41, 5.74) is 3.65. The second kappa shape index (κ2) is 4.20. The van der Waals surface area contributed by atoms with E-state index < -0.39 is 0 Å². The van der Waals surface area contributed by atoms with Gasteiger partial charge in [0.1, 0.15) is 5.75 Å². The van der Waals surface area contributed by atoms with Gasteiger partial charge in [-0.2, -0.15) is 0 Å². The van der Waals surface area contributed by atoms with Gasteiger partial charge in [0.15, 0.2) is 0 Å². The van der Waals surface area contributed by atoms with Gasteiger partial charge < -0.3 is 10.0 Å². The Labute approximate surface area is 100 Å². The predicted octanol–water partition coefficient (Wildman–Crippen LogP) is 2.12. The maximum Gasteiger partial charge on any atom is 0.135 e. The highest BCUT2D eigenvalue weighted by molar-refractivity contribution is 5.68. The van der Waals surface area contributed by atoms with Crippen LogP contribution in [0.4, 0.5) is 5.69 Å². The molecule has 0 fully saturated rings. The number of nitrogens with zero attached hydrogens (tertiary/aromatic N) is 3. The van der Waals surface area contributed by atoms with Gasteiger partial charge in [0, 0.05) is 25.2 Å². The summed E-state index contributed by atoms with van der Waals surface area (Å²) >= 11 is 0. The number of aromatic nitrogens is 1. The SMILES string of the molecule is Oc1cncc(N2CCCC3=C(C2)N=CC3)c1. The Morgan fingerprint density at radius 3 is 3.12 bits per heavy atom. The summed E-state index contributed by atoms with van der Waals surface area (Å²) in [6.07, 6.45) is 8.54. The molecule has 1 aromatic rings. The number of aromatic hydroxyl groups is 1. The molecule has 1 N–H and O–H groups in total. The van der Waals surface area contributed by atoms with Crippen molar-refractivity contribution in [3.8, 4) is 5.75 Å². The molecule has 0 amide bonds. The Morgan fingerprint density at radius 1 is 1.29 bits per heavy atom. The molecule has 0 radical (unpaired) electrons. The van der Waals surface area contributed by atoms with Crippen LogP contribution >= 0.6 is 0 Å². The van der Waals surface area contributed by atoms with E-state index >= 15 is 0 Å². The molecule has 0 saturated heterocycles. The smallest absolute Gasteiger partial charge is 0.135 e. The maximum atomic E-state index is 9.47.